The molecule has 2 rings (SSSR count). The predicted octanol–water partition coefficient (Wildman–Crippen LogP) is 0.378. The molecular formula is C12H17ClN4O2. The summed E-state index contributed by atoms with van der Waals surface area (Å²) in [5, 5.41) is 3.04. The predicted molar refractivity (Wildman–Crippen MR) is 73.2 cm³/mol. The van der Waals surface area contributed by atoms with Crippen LogP contribution in [0.25, 0.3) is 0 Å². The lowest BCUT2D eigenvalue weighted by Crippen LogP contribution is -2.46. The molecule has 0 bridgehead atoms. The summed E-state index contributed by atoms with van der Waals surface area (Å²) >= 11 is 5.75. The highest BCUT2D eigenvalue weighted by Gasteiger charge is 2.19. The lowest BCUT2D eigenvalue weighted by Gasteiger charge is -2.30. The second-order valence-electron chi connectivity index (χ2n) is 4.56. The van der Waals surface area contributed by atoms with Crippen molar-refractivity contribution in [1.29, 1.82) is 0 Å². The van der Waals surface area contributed by atoms with Crippen LogP contribution in [0, 0.1) is 0 Å². The van der Waals surface area contributed by atoms with Crippen molar-refractivity contribution in [2.75, 3.05) is 39.0 Å². The van der Waals surface area contributed by atoms with Crippen molar-refractivity contribution in [3.63, 3.8) is 0 Å². The van der Waals surface area contributed by atoms with E-state index in [0.717, 1.165) is 13.1 Å². The number of morpholine rings is 1. The number of rotatable bonds is 3. The standard InChI is InChI=1S/C12H17ClN4O2/c1-17-2-3-19-8(7-17)5-16-12(18)9-4-11(13)15-6-10(9)14/h4,6,8H,2-3,5,7,14H2,1H3,(H,16,18). The average Bonchev–Trinajstić information content (AvgIpc) is 2.39. The molecule has 6 nitrogen and oxygen atoms in total. The number of halogens is 1. The van der Waals surface area contributed by atoms with Crippen molar-refractivity contribution >= 4 is 23.2 Å². The molecule has 1 fully saturated rings. The fraction of sp³-hybridized carbons (Fsp3) is 0.500. The summed E-state index contributed by atoms with van der Waals surface area (Å²) in [5.41, 5.74) is 6.35. The van der Waals surface area contributed by atoms with Crippen molar-refractivity contribution in [3.05, 3.63) is 23.0 Å². The lowest BCUT2D eigenvalue weighted by molar-refractivity contribution is -0.0174. The van der Waals surface area contributed by atoms with E-state index in [0.29, 0.717) is 24.4 Å². The maximum absolute atomic E-state index is 12.0. The number of ether oxygens (including phenoxy) is 1. The molecule has 0 radical (unpaired) electrons. The van der Waals surface area contributed by atoms with Gasteiger partial charge in [-0.05, 0) is 13.1 Å². The van der Waals surface area contributed by atoms with Crippen LogP contribution in [0.15, 0.2) is 12.3 Å². The Bertz CT molecular complexity index is 469. The number of pyridine rings is 1. The van der Waals surface area contributed by atoms with E-state index in [2.05, 4.69) is 15.2 Å². The molecule has 3 N–H and O–H groups in total. The normalized spacial score (nSPS) is 20.2. The Morgan fingerprint density at radius 3 is 3.26 bits per heavy atom. The van der Waals surface area contributed by atoms with Gasteiger partial charge >= 0.3 is 0 Å². The van der Waals surface area contributed by atoms with Crippen LogP contribution in [0.2, 0.25) is 5.15 Å². The average molecular weight is 285 g/mol. The summed E-state index contributed by atoms with van der Waals surface area (Å²) in [6, 6.07) is 1.46. The van der Waals surface area contributed by atoms with Crippen molar-refractivity contribution in [2.45, 2.75) is 6.10 Å². The van der Waals surface area contributed by atoms with Gasteiger partial charge in [-0.1, -0.05) is 11.6 Å². The summed E-state index contributed by atoms with van der Waals surface area (Å²) in [7, 11) is 2.03. The van der Waals surface area contributed by atoms with Gasteiger partial charge in [0.1, 0.15) is 5.15 Å². The smallest absolute Gasteiger partial charge is 0.253 e. The number of likely N-dealkylation sites (N-methyl/N-ethyl adjacent to an activating group) is 1. The second-order valence-corrected chi connectivity index (χ2v) is 4.95. The number of amides is 1. The van der Waals surface area contributed by atoms with Crippen LogP contribution in [0.3, 0.4) is 0 Å². The molecule has 0 aromatic carbocycles. The van der Waals surface area contributed by atoms with E-state index < -0.39 is 0 Å². The zero-order valence-electron chi connectivity index (χ0n) is 10.7. The lowest BCUT2D eigenvalue weighted by atomic mass is 10.2. The molecule has 0 saturated carbocycles. The number of nitrogens with zero attached hydrogens (tertiary/aromatic N) is 2. The van der Waals surface area contributed by atoms with Gasteiger partial charge in [-0.15, -0.1) is 0 Å². The number of hydrogen-bond donors (Lipinski definition) is 2. The van der Waals surface area contributed by atoms with Gasteiger partial charge < -0.3 is 20.7 Å². The van der Waals surface area contributed by atoms with Crippen molar-refractivity contribution < 1.29 is 9.53 Å². The quantitative estimate of drug-likeness (QED) is 0.784. The molecule has 1 aromatic rings. The van der Waals surface area contributed by atoms with Crippen LogP contribution >= 0.6 is 11.6 Å². The molecular weight excluding hydrogens is 268 g/mol. The van der Waals surface area contributed by atoms with E-state index in [4.69, 9.17) is 22.1 Å². The molecule has 19 heavy (non-hydrogen) atoms. The number of carbonyl (C=O) groups excluding carboxylic acids is 1. The first-order valence-corrected chi connectivity index (χ1v) is 6.43. The summed E-state index contributed by atoms with van der Waals surface area (Å²) in [6.45, 7) is 2.84. The molecule has 2 heterocycles. The minimum absolute atomic E-state index is 0.00114. The van der Waals surface area contributed by atoms with E-state index in [1.807, 2.05) is 7.05 Å². The van der Waals surface area contributed by atoms with Crippen LogP contribution in [-0.2, 0) is 4.74 Å². The number of anilines is 1. The Kier molecular flexibility index (Phi) is 4.57. The largest absolute Gasteiger partial charge is 0.397 e. The Balaban J connectivity index is 1.92. The number of carbonyl (C=O) groups is 1. The Labute approximate surface area is 116 Å². The Morgan fingerprint density at radius 2 is 2.53 bits per heavy atom. The topological polar surface area (TPSA) is 80.5 Å². The first kappa shape index (κ1) is 14.0. The first-order valence-electron chi connectivity index (χ1n) is 6.05. The fourth-order valence-electron chi connectivity index (χ4n) is 1.93. The second kappa shape index (κ2) is 6.18. The van der Waals surface area contributed by atoms with E-state index >= 15 is 0 Å². The van der Waals surface area contributed by atoms with Gasteiger partial charge in [0.2, 0.25) is 0 Å². The Morgan fingerprint density at radius 1 is 1.74 bits per heavy atom. The van der Waals surface area contributed by atoms with Crippen LogP contribution in [0.1, 0.15) is 10.4 Å². The molecule has 1 aromatic heterocycles. The molecule has 0 aliphatic carbocycles. The van der Waals surface area contributed by atoms with E-state index in [1.165, 1.54) is 12.3 Å². The zero-order chi connectivity index (χ0) is 13.8. The number of hydrogen-bond acceptors (Lipinski definition) is 5. The zero-order valence-corrected chi connectivity index (χ0v) is 11.5. The first-order chi connectivity index (χ1) is 9.06. The fourth-order valence-corrected chi connectivity index (χ4v) is 2.09. The summed E-state index contributed by atoms with van der Waals surface area (Å²) in [5.74, 6) is -0.265. The van der Waals surface area contributed by atoms with Gasteiger partial charge in [-0.25, -0.2) is 4.98 Å². The van der Waals surface area contributed by atoms with Gasteiger partial charge in [0.15, 0.2) is 0 Å². The third-order valence-electron chi connectivity index (χ3n) is 2.98. The minimum Gasteiger partial charge on any atom is -0.397 e. The van der Waals surface area contributed by atoms with E-state index in [9.17, 15) is 4.79 Å². The Hall–Kier alpha value is -1.37. The van der Waals surface area contributed by atoms with Gasteiger partial charge in [0, 0.05) is 19.6 Å². The summed E-state index contributed by atoms with van der Waals surface area (Å²) in [4.78, 5) is 18.0. The summed E-state index contributed by atoms with van der Waals surface area (Å²) in [6.07, 6.45) is 1.38. The van der Waals surface area contributed by atoms with Gasteiger partial charge in [0.25, 0.3) is 5.91 Å². The van der Waals surface area contributed by atoms with E-state index in [-0.39, 0.29) is 17.2 Å². The molecule has 1 amide bonds. The molecule has 1 aliphatic rings. The van der Waals surface area contributed by atoms with Crippen LogP contribution < -0.4 is 11.1 Å². The molecule has 1 unspecified atom stereocenters. The molecule has 104 valence electrons. The van der Waals surface area contributed by atoms with Crippen LogP contribution in [-0.4, -0.2) is 55.2 Å². The number of nitrogens with one attached hydrogen (secondary N) is 1. The molecule has 0 spiro atoms. The number of nitrogens with two attached hydrogens (primary N) is 1. The van der Waals surface area contributed by atoms with Crippen molar-refractivity contribution in [3.8, 4) is 0 Å². The third-order valence-corrected chi connectivity index (χ3v) is 3.18. The highest BCUT2D eigenvalue weighted by Crippen LogP contribution is 2.14. The maximum Gasteiger partial charge on any atom is 0.253 e. The molecule has 1 saturated heterocycles. The summed E-state index contributed by atoms with van der Waals surface area (Å²) < 4.78 is 5.56. The van der Waals surface area contributed by atoms with Crippen LogP contribution in [0.5, 0.6) is 0 Å². The molecule has 1 aliphatic heterocycles. The number of aromatic nitrogens is 1. The monoisotopic (exact) mass is 284 g/mol. The molecule has 7 heteroatoms. The van der Waals surface area contributed by atoms with Gasteiger partial charge in [0.05, 0.1) is 30.2 Å². The van der Waals surface area contributed by atoms with Crippen molar-refractivity contribution in [1.82, 2.24) is 15.2 Å². The van der Waals surface area contributed by atoms with Crippen molar-refractivity contribution in [2.24, 2.45) is 0 Å². The van der Waals surface area contributed by atoms with Gasteiger partial charge in [-0.2, -0.15) is 0 Å². The number of nitrogen functional groups attached to an aromatic ring is 1. The minimum atomic E-state index is -0.265. The van der Waals surface area contributed by atoms with Gasteiger partial charge in [-0.3, -0.25) is 4.79 Å². The van der Waals surface area contributed by atoms with E-state index in [1.54, 1.807) is 0 Å². The highest BCUT2D eigenvalue weighted by molar-refractivity contribution is 6.29. The van der Waals surface area contributed by atoms with Crippen LogP contribution in [0.4, 0.5) is 5.69 Å². The third kappa shape index (κ3) is 3.79. The SMILES string of the molecule is CN1CCOC(CNC(=O)c2cc(Cl)ncc2N)C1. The highest BCUT2D eigenvalue weighted by atomic mass is 35.5. The maximum atomic E-state index is 12.0. The molecule has 1 atom stereocenters.